The Morgan fingerprint density at radius 1 is 1.47 bits per heavy atom. The van der Waals surface area contributed by atoms with Gasteiger partial charge in [0.15, 0.2) is 5.52 Å². The minimum Gasteiger partial charge on any atom is -0.549 e. The Bertz CT molecular complexity index is 596. The molecule has 9 heteroatoms. The predicted molar refractivity (Wildman–Crippen MR) is 54.2 cm³/mol. The molecule has 0 aliphatic heterocycles. The van der Waals surface area contributed by atoms with Gasteiger partial charge >= 0.3 is 0 Å². The van der Waals surface area contributed by atoms with Crippen molar-refractivity contribution in [2.45, 2.75) is 4.90 Å². The molecular weight excluding hydrogens is 250 g/mol. The number of carboxylic acid groups (broad SMARTS) is 1. The van der Waals surface area contributed by atoms with Crippen molar-refractivity contribution in [3.05, 3.63) is 22.2 Å². The molecule has 8 nitrogen and oxygen atoms in total. The number of fused-ring (bicyclic) bond motifs is 1. The van der Waals surface area contributed by atoms with Gasteiger partial charge in [-0.05, 0) is 16.4 Å². The Balaban J connectivity index is 2.52. The molecule has 2 aromatic rings. The highest BCUT2D eigenvalue weighted by atomic mass is 32.2. The van der Waals surface area contributed by atoms with E-state index in [2.05, 4.69) is 14.9 Å². The Hall–Kier alpha value is -2.16. The second kappa shape index (κ2) is 4.37. The third kappa shape index (κ3) is 2.18. The van der Waals surface area contributed by atoms with Gasteiger partial charge in [0.25, 0.3) is 5.69 Å². The first-order valence-electron chi connectivity index (χ1n) is 4.32. The number of rotatable bonds is 4. The number of carbonyl (C=O) groups is 1. The van der Waals surface area contributed by atoms with E-state index in [4.69, 9.17) is 0 Å². The van der Waals surface area contributed by atoms with Crippen molar-refractivity contribution in [1.29, 1.82) is 0 Å². The highest BCUT2D eigenvalue weighted by Crippen LogP contribution is 2.34. The molecule has 17 heavy (non-hydrogen) atoms. The summed E-state index contributed by atoms with van der Waals surface area (Å²) in [6.45, 7) is 0. The van der Waals surface area contributed by atoms with Crippen molar-refractivity contribution < 1.29 is 19.5 Å². The summed E-state index contributed by atoms with van der Waals surface area (Å²) in [6, 6.07) is 2.61. The van der Waals surface area contributed by atoms with Gasteiger partial charge in [-0.3, -0.25) is 10.1 Å². The molecule has 0 unspecified atom stereocenters. The first-order valence-corrected chi connectivity index (χ1v) is 5.30. The van der Waals surface area contributed by atoms with Gasteiger partial charge < -0.3 is 9.90 Å². The van der Waals surface area contributed by atoms with Crippen molar-refractivity contribution in [2.24, 2.45) is 0 Å². The molecule has 0 saturated heterocycles. The molecule has 1 aromatic heterocycles. The van der Waals surface area contributed by atoms with E-state index in [0.29, 0.717) is 5.52 Å². The zero-order valence-corrected chi connectivity index (χ0v) is 8.97. The van der Waals surface area contributed by atoms with Crippen LogP contribution in [0.5, 0.6) is 0 Å². The molecule has 0 saturated carbocycles. The molecular formula is C8H4N3O5S-. The van der Waals surface area contributed by atoms with Crippen LogP contribution in [0.15, 0.2) is 21.7 Å². The van der Waals surface area contributed by atoms with E-state index in [1.807, 2.05) is 0 Å². The number of nitrogens with zero attached hydrogens (tertiary/aromatic N) is 3. The van der Waals surface area contributed by atoms with Crippen LogP contribution in [0.1, 0.15) is 0 Å². The molecule has 0 aliphatic carbocycles. The molecule has 0 spiro atoms. The maximum absolute atomic E-state index is 10.8. The van der Waals surface area contributed by atoms with Gasteiger partial charge in [-0.25, -0.2) is 4.63 Å². The van der Waals surface area contributed by atoms with E-state index >= 15 is 0 Å². The van der Waals surface area contributed by atoms with Crippen LogP contribution < -0.4 is 5.11 Å². The van der Waals surface area contributed by atoms with Crippen molar-refractivity contribution in [3.63, 3.8) is 0 Å². The molecule has 0 fully saturated rings. The van der Waals surface area contributed by atoms with Crippen LogP contribution in [-0.2, 0) is 4.79 Å². The fraction of sp³-hybridized carbons (Fsp3) is 0.125. The monoisotopic (exact) mass is 254 g/mol. The van der Waals surface area contributed by atoms with Gasteiger partial charge in [-0.1, -0.05) is 0 Å². The van der Waals surface area contributed by atoms with Crippen LogP contribution in [0.4, 0.5) is 5.69 Å². The van der Waals surface area contributed by atoms with Gasteiger partial charge in [-0.15, -0.1) is 11.8 Å². The van der Waals surface area contributed by atoms with E-state index in [1.165, 1.54) is 12.1 Å². The number of hydrogen-bond donors (Lipinski definition) is 0. The Morgan fingerprint density at radius 2 is 2.24 bits per heavy atom. The second-order valence-corrected chi connectivity index (χ2v) is 3.95. The number of hydrogen-bond acceptors (Lipinski definition) is 8. The van der Waals surface area contributed by atoms with E-state index < -0.39 is 16.6 Å². The van der Waals surface area contributed by atoms with Gasteiger partial charge in [0, 0.05) is 11.8 Å². The van der Waals surface area contributed by atoms with Crippen LogP contribution in [0.25, 0.3) is 11.0 Å². The Kier molecular flexibility index (Phi) is 2.91. The number of aromatic nitrogens is 2. The molecule has 0 atom stereocenters. The van der Waals surface area contributed by atoms with Crippen molar-refractivity contribution in [2.75, 3.05) is 5.75 Å². The van der Waals surface area contributed by atoms with Gasteiger partial charge in [0.05, 0.1) is 10.9 Å². The minimum atomic E-state index is -1.32. The third-order valence-electron chi connectivity index (χ3n) is 1.89. The fourth-order valence-corrected chi connectivity index (χ4v) is 2.07. The normalized spacial score (nSPS) is 10.6. The summed E-state index contributed by atoms with van der Waals surface area (Å²) in [5.41, 5.74) is 0.265. The summed E-state index contributed by atoms with van der Waals surface area (Å²) in [5, 5.41) is 28.2. The van der Waals surface area contributed by atoms with E-state index in [9.17, 15) is 20.0 Å². The number of nitro groups is 1. The maximum Gasteiger partial charge on any atom is 0.285 e. The van der Waals surface area contributed by atoms with Gasteiger partial charge in [0.1, 0.15) is 10.4 Å². The Morgan fingerprint density at radius 3 is 2.88 bits per heavy atom. The van der Waals surface area contributed by atoms with Gasteiger partial charge in [-0.2, -0.15) is 0 Å². The van der Waals surface area contributed by atoms with Crippen molar-refractivity contribution in [3.8, 4) is 0 Å². The molecule has 1 heterocycles. The SMILES string of the molecule is O=C([O-])CSc1c([N+](=O)[O-])ccc2nonc12. The summed E-state index contributed by atoms with van der Waals surface area (Å²) in [5.74, 6) is -1.73. The van der Waals surface area contributed by atoms with Crippen LogP contribution in [-0.4, -0.2) is 27.0 Å². The zero-order chi connectivity index (χ0) is 12.4. The zero-order valence-electron chi connectivity index (χ0n) is 8.15. The van der Waals surface area contributed by atoms with E-state index in [0.717, 1.165) is 11.8 Å². The number of carboxylic acids is 1. The lowest BCUT2D eigenvalue weighted by atomic mass is 10.3. The highest BCUT2D eigenvalue weighted by Gasteiger charge is 2.20. The average Bonchev–Trinajstić information content (AvgIpc) is 2.73. The molecule has 0 radical (unpaired) electrons. The first-order chi connectivity index (χ1) is 8.09. The lowest BCUT2D eigenvalue weighted by molar-refractivity contribution is -0.387. The third-order valence-corrected chi connectivity index (χ3v) is 2.96. The average molecular weight is 254 g/mol. The first kappa shape index (κ1) is 11.3. The number of carbonyl (C=O) groups excluding carboxylic acids is 1. The summed E-state index contributed by atoms with van der Waals surface area (Å²) < 4.78 is 4.45. The largest absolute Gasteiger partial charge is 0.549 e. The quantitative estimate of drug-likeness (QED) is 0.423. The van der Waals surface area contributed by atoms with Crippen molar-refractivity contribution >= 4 is 34.5 Å². The second-order valence-electron chi connectivity index (χ2n) is 2.96. The molecule has 0 aliphatic rings. The van der Waals surface area contributed by atoms with Crippen LogP contribution in [0.3, 0.4) is 0 Å². The number of aliphatic carboxylic acids is 1. The molecule has 0 amide bonds. The number of benzene rings is 1. The van der Waals surface area contributed by atoms with E-state index in [-0.39, 0.29) is 16.1 Å². The fourth-order valence-electron chi connectivity index (χ4n) is 1.23. The Labute approximate surface area is 97.7 Å². The maximum atomic E-state index is 10.8. The molecule has 88 valence electrons. The predicted octanol–water partition coefficient (Wildman–Crippen LogP) is -0.0270. The molecule has 0 bridgehead atoms. The molecule has 2 rings (SSSR count). The summed E-state index contributed by atoms with van der Waals surface area (Å²) in [4.78, 5) is 20.6. The smallest absolute Gasteiger partial charge is 0.285 e. The minimum absolute atomic E-state index is 0.109. The summed E-state index contributed by atoms with van der Waals surface area (Å²) in [6.07, 6.45) is 0. The van der Waals surface area contributed by atoms with Gasteiger partial charge in [0.2, 0.25) is 0 Å². The highest BCUT2D eigenvalue weighted by molar-refractivity contribution is 8.00. The lowest BCUT2D eigenvalue weighted by Gasteiger charge is -2.03. The van der Waals surface area contributed by atoms with Crippen molar-refractivity contribution in [1.82, 2.24) is 10.3 Å². The molecule has 1 aromatic carbocycles. The number of nitro benzene ring substituents is 1. The van der Waals surface area contributed by atoms with Crippen LogP contribution >= 0.6 is 11.8 Å². The van der Waals surface area contributed by atoms with Crippen LogP contribution in [0, 0.1) is 10.1 Å². The standard InChI is InChI=1S/C8H5N3O5S/c12-6(13)3-17-8-5(11(14)15)2-1-4-7(8)10-16-9-4/h1-2H,3H2,(H,12,13)/p-1. The van der Waals surface area contributed by atoms with Crippen LogP contribution in [0.2, 0.25) is 0 Å². The lowest BCUT2D eigenvalue weighted by Crippen LogP contribution is -2.24. The number of thioether (sulfide) groups is 1. The topological polar surface area (TPSA) is 122 Å². The molecule has 0 N–H and O–H groups in total. The summed E-state index contributed by atoms with van der Waals surface area (Å²) in [7, 11) is 0. The van der Waals surface area contributed by atoms with E-state index in [1.54, 1.807) is 0 Å². The summed E-state index contributed by atoms with van der Waals surface area (Å²) >= 11 is 0.751.